The Hall–Kier alpha value is -1.75. The van der Waals surface area contributed by atoms with Gasteiger partial charge in [0.1, 0.15) is 11.4 Å². The molecule has 0 aliphatic carbocycles. The first-order chi connectivity index (χ1) is 10.9. The van der Waals surface area contributed by atoms with Gasteiger partial charge in [-0.2, -0.15) is 0 Å². The summed E-state index contributed by atoms with van der Waals surface area (Å²) in [5, 5.41) is 3.46. The number of likely N-dealkylation sites (tertiary alicyclic amines) is 1. The highest BCUT2D eigenvalue weighted by molar-refractivity contribution is 5.69. The van der Waals surface area contributed by atoms with Crippen LogP contribution in [0.2, 0.25) is 0 Å². The zero-order valence-electron chi connectivity index (χ0n) is 14.6. The van der Waals surface area contributed by atoms with Crippen LogP contribution in [0.3, 0.4) is 0 Å². The van der Waals surface area contributed by atoms with E-state index in [0.29, 0.717) is 19.1 Å². The maximum Gasteiger partial charge on any atom is 0.410 e. The van der Waals surface area contributed by atoms with Crippen molar-refractivity contribution in [1.82, 2.24) is 10.2 Å². The van der Waals surface area contributed by atoms with Gasteiger partial charge in [0.25, 0.3) is 0 Å². The molecular weight excluding hydrogens is 292 g/mol. The maximum atomic E-state index is 11.9. The van der Waals surface area contributed by atoms with Gasteiger partial charge >= 0.3 is 6.09 Å². The molecule has 128 valence electrons. The normalized spacial score (nSPS) is 15.2. The Bertz CT molecular complexity index is 519. The number of nitrogens with zero attached hydrogens (tertiary/aromatic N) is 1. The average molecular weight is 320 g/mol. The van der Waals surface area contributed by atoms with Gasteiger partial charge in [-0.05, 0) is 44.9 Å². The van der Waals surface area contributed by atoms with Crippen LogP contribution in [0.5, 0.6) is 5.75 Å². The van der Waals surface area contributed by atoms with E-state index >= 15 is 0 Å². The molecule has 1 amide bonds. The number of amides is 1. The van der Waals surface area contributed by atoms with Crippen molar-refractivity contribution in [3.8, 4) is 5.75 Å². The van der Waals surface area contributed by atoms with Gasteiger partial charge in [0, 0.05) is 25.7 Å². The van der Waals surface area contributed by atoms with Gasteiger partial charge in [-0.15, -0.1) is 0 Å². The number of ether oxygens (including phenoxy) is 2. The van der Waals surface area contributed by atoms with E-state index in [4.69, 9.17) is 9.47 Å². The molecule has 0 bridgehead atoms. The van der Waals surface area contributed by atoms with E-state index in [2.05, 4.69) is 24.4 Å². The van der Waals surface area contributed by atoms with Crippen LogP contribution in [-0.2, 0) is 11.3 Å². The Morgan fingerprint density at radius 1 is 1.35 bits per heavy atom. The lowest BCUT2D eigenvalue weighted by molar-refractivity contribution is 0.00519. The van der Waals surface area contributed by atoms with Crippen LogP contribution in [0.25, 0.3) is 0 Å². The lowest BCUT2D eigenvalue weighted by Crippen LogP contribution is -2.60. The fourth-order valence-corrected chi connectivity index (χ4v) is 2.31. The summed E-state index contributed by atoms with van der Waals surface area (Å²) in [5.41, 5.74) is 0.753. The van der Waals surface area contributed by atoms with Gasteiger partial charge in [-0.1, -0.05) is 19.1 Å². The predicted molar refractivity (Wildman–Crippen MR) is 90.7 cm³/mol. The average Bonchev–Trinajstić information content (AvgIpc) is 2.42. The smallest absolute Gasteiger partial charge is 0.410 e. The molecule has 23 heavy (non-hydrogen) atoms. The Labute approximate surface area is 139 Å². The Balaban J connectivity index is 1.71. The van der Waals surface area contributed by atoms with Crippen LogP contribution < -0.4 is 10.1 Å². The van der Waals surface area contributed by atoms with Crippen LogP contribution in [0.1, 0.15) is 39.7 Å². The predicted octanol–water partition coefficient (Wildman–Crippen LogP) is 3.18. The molecule has 1 aliphatic rings. The molecule has 0 radical (unpaired) electrons. The van der Waals surface area contributed by atoms with Crippen molar-refractivity contribution >= 4 is 6.09 Å². The summed E-state index contributed by atoms with van der Waals surface area (Å²) in [5.74, 6) is 0.912. The van der Waals surface area contributed by atoms with E-state index in [1.54, 1.807) is 4.90 Å². The molecule has 5 nitrogen and oxygen atoms in total. The molecule has 0 atom stereocenters. The zero-order chi connectivity index (χ0) is 16.9. The summed E-state index contributed by atoms with van der Waals surface area (Å²) in [6.07, 6.45) is 0.774. The second-order valence-electron chi connectivity index (χ2n) is 6.96. The van der Waals surface area contributed by atoms with Gasteiger partial charge in [0.2, 0.25) is 0 Å². The summed E-state index contributed by atoms with van der Waals surface area (Å²) in [7, 11) is 0. The van der Waals surface area contributed by atoms with Crippen molar-refractivity contribution in [3.63, 3.8) is 0 Å². The zero-order valence-corrected chi connectivity index (χ0v) is 14.6. The highest BCUT2D eigenvalue weighted by Gasteiger charge is 2.33. The number of hydrogen-bond acceptors (Lipinski definition) is 4. The van der Waals surface area contributed by atoms with Crippen LogP contribution in [0, 0.1) is 0 Å². The van der Waals surface area contributed by atoms with Gasteiger partial charge in [0.05, 0.1) is 6.61 Å². The molecule has 1 aliphatic heterocycles. The summed E-state index contributed by atoms with van der Waals surface area (Å²) < 4.78 is 11.0. The molecule has 1 aromatic rings. The minimum absolute atomic E-state index is 0.231. The van der Waals surface area contributed by atoms with E-state index in [9.17, 15) is 4.79 Å². The van der Waals surface area contributed by atoms with Crippen molar-refractivity contribution in [1.29, 1.82) is 0 Å². The molecule has 5 heteroatoms. The third-order valence-electron chi connectivity index (χ3n) is 3.50. The Morgan fingerprint density at radius 3 is 2.74 bits per heavy atom. The molecule has 1 heterocycles. The SMILES string of the molecule is CCCOc1cccc(CNC2CN(C(=O)OC(C)(C)C)C2)c1. The lowest BCUT2D eigenvalue weighted by Gasteiger charge is -2.40. The molecule has 0 aromatic heterocycles. The Kier molecular flexibility index (Phi) is 5.88. The molecule has 0 spiro atoms. The number of nitrogens with one attached hydrogen (secondary N) is 1. The first-order valence-electron chi connectivity index (χ1n) is 8.30. The Morgan fingerprint density at radius 2 is 2.09 bits per heavy atom. The summed E-state index contributed by atoms with van der Waals surface area (Å²) in [4.78, 5) is 13.6. The molecule has 0 saturated carbocycles. The molecule has 1 saturated heterocycles. The van der Waals surface area contributed by atoms with E-state index in [1.807, 2.05) is 32.9 Å². The quantitative estimate of drug-likeness (QED) is 0.874. The summed E-state index contributed by atoms with van der Waals surface area (Å²) in [6, 6.07) is 8.45. The van der Waals surface area contributed by atoms with Crippen LogP contribution in [-0.4, -0.2) is 42.3 Å². The fraction of sp³-hybridized carbons (Fsp3) is 0.611. The van der Waals surface area contributed by atoms with E-state index in [-0.39, 0.29) is 6.09 Å². The standard InChI is InChI=1S/C18H28N2O3/c1-5-9-22-16-8-6-7-14(10-16)11-19-15-12-20(13-15)17(21)23-18(2,3)4/h6-8,10,15,19H,5,9,11-13H2,1-4H3. The van der Waals surface area contributed by atoms with E-state index < -0.39 is 5.60 Å². The lowest BCUT2D eigenvalue weighted by atomic mass is 10.1. The largest absolute Gasteiger partial charge is 0.494 e. The number of rotatable bonds is 6. The van der Waals surface area contributed by atoms with Gasteiger partial charge in [0.15, 0.2) is 0 Å². The summed E-state index contributed by atoms with van der Waals surface area (Å²) >= 11 is 0. The van der Waals surface area contributed by atoms with Crippen molar-refractivity contribution in [2.45, 2.75) is 52.3 Å². The van der Waals surface area contributed by atoms with Crippen molar-refractivity contribution in [2.75, 3.05) is 19.7 Å². The highest BCUT2D eigenvalue weighted by atomic mass is 16.6. The number of carbonyl (C=O) groups is 1. The maximum absolute atomic E-state index is 11.9. The fourth-order valence-electron chi connectivity index (χ4n) is 2.31. The van der Waals surface area contributed by atoms with Crippen molar-refractivity contribution in [3.05, 3.63) is 29.8 Å². The second-order valence-corrected chi connectivity index (χ2v) is 6.96. The van der Waals surface area contributed by atoms with E-state index in [0.717, 1.165) is 25.3 Å². The van der Waals surface area contributed by atoms with E-state index in [1.165, 1.54) is 5.56 Å². The number of benzene rings is 1. The molecule has 0 unspecified atom stereocenters. The molecule has 1 N–H and O–H groups in total. The number of hydrogen-bond donors (Lipinski definition) is 1. The second kappa shape index (κ2) is 7.68. The minimum Gasteiger partial charge on any atom is -0.494 e. The van der Waals surface area contributed by atoms with Crippen LogP contribution in [0.4, 0.5) is 4.79 Å². The summed E-state index contributed by atoms with van der Waals surface area (Å²) in [6.45, 7) is 10.6. The highest BCUT2D eigenvalue weighted by Crippen LogP contribution is 2.17. The topological polar surface area (TPSA) is 50.8 Å². The van der Waals surface area contributed by atoms with Crippen LogP contribution in [0.15, 0.2) is 24.3 Å². The molecular formula is C18H28N2O3. The third-order valence-corrected chi connectivity index (χ3v) is 3.50. The van der Waals surface area contributed by atoms with Gasteiger partial charge in [-0.25, -0.2) is 4.79 Å². The van der Waals surface area contributed by atoms with Gasteiger partial charge in [-0.3, -0.25) is 0 Å². The monoisotopic (exact) mass is 320 g/mol. The van der Waals surface area contributed by atoms with Crippen molar-refractivity contribution in [2.24, 2.45) is 0 Å². The van der Waals surface area contributed by atoms with Crippen LogP contribution >= 0.6 is 0 Å². The minimum atomic E-state index is -0.436. The first kappa shape index (κ1) is 17.6. The molecule has 1 fully saturated rings. The van der Waals surface area contributed by atoms with Crippen molar-refractivity contribution < 1.29 is 14.3 Å². The molecule has 1 aromatic carbocycles. The van der Waals surface area contributed by atoms with Gasteiger partial charge < -0.3 is 19.7 Å². The first-order valence-corrected chi connectivity index (χ1v) is 8.30. The number of carbonyl (C=O) groups excluding carboxylic acids is 1. The third kappa shape index (κ3) is 5.75. The molecule has 2 rings (SSSR count).